The molecule has 5 heteroatoms. The van der Waals surface area contributed by atoms with Gasteiger partial charge in [-0.2, -0.15) is 0 Å². The van der Waals surface area contributed by atoms with E-state index in [0.717, 1.165) is 17.9 Å². The van der Waals surface area contributed by atoms with Gasteiger partial charge in [-0.15, -0.1) is 0 Å². The molecule has 0 heterocycles. The second kappa shape index (κ2) is 10.6. The van der Waals surface area contributed by atoms with Gasteiger partial charge in [0.1, 0.15) is 5.75 Å². The fraction of sp³-hybridized carbons (Fsp3) is 0.647. The molecule has 0 radical (unpaired) electrons. The summed E-state index contributed by atoms with van der Waals surface area (Å²) >= 11 is 0. The number of aliphatic hydroxyl groups is 1. The fourth-order valence-corrected chi connectivity index (χ4v) is 2.18. The summed E-state index contributed by atoms with van der Waals surface area (Å²) in [5.41, 5.74) is 1.10. The quantitative estimate of drug-likeness (QED) is 0.677. The molecular formula is C17H29NO4. The summed E-state index contributed by atoms with van der Waals surface area (Å²) in [6.45, 7) is 6.86. The summed E-state index contributed by atoms with van der Waals surface area (Å²) in [5, 5.41) is 10.1. The first-order chi connectivity index (χ1) is 10.6. The molecule has 0 saturated carbocycles. The van der Waals surface area contributed by atoms with Crippen molar-refractivity contribution in [2.75, 3.05) is 40.5 Å². The number of benzene rings is 1. The summed E-state index contributed by atoms with van der Waals surface area (Å²) in [5.74, 6) is 0.859. The molecule has 0 bridgehead atoms. The normalized spacial score (nSPS) is 12.9. The molecule has 0 aliphatic heterocycles. The van der Waals surface area contributed by atoms with Gasteiger partial charge in [-0.05, 0) is 19.9 Å². The molecule has 0 saturated heterocycles. The Hall–Kier alpha value is -1.14. The summed E-state index contributed by atoms with van der Waals surface area (Å²) < 4.78 is 16.0. The first-order valence-corrected chi connectivity index (χ1v) is 7.69. The van der Waals surface area contributed by atoms with Crippen molar-refractivity contribution in [3.63, 3.8) is 0 Å². The number of rotatable bonds is 11. The number of nitrogens with zero attached hydrogens (tertiary/aromatic N) is 1. The summed E-state index contributed by atoms with van der Waals surface area (Å²) in [6.07, 6.45) is -0.398. The van der Waals surface area contributed by atoms with Crippen LogP contribution < -0.4 is 4.74 Å². The van der Waals surface area contributed by atoms with Crippen LogP contribution in [0.2, 0.25) is 0 Å². The lowest BCUT2D eigenvalue weighted by Gasteiger charge is -2.26. The predicted molar refractivity (Wildman–Crippen MR) is 87.2 cm³/mol. The van der Waals surface area contributed by atoms with Crippen molar-refractivity contribution in [2.24, 2.45) is 0 Å². The summed E-state index contributed by atoms with van der Waals surface area (Å²) in [7, 11) is 3.35. The van der Waals surface area contributed by atoms with Gasteiger partial charge in [0.25, 0.3) is 0 Å². The Bertz CT molecular complexity index is 411. The van der Waals surface area contributed by atoms with Crippen LogP contribution in [0.5, 0.6) is 5.75 Å². The van der Waals surface area contributed by atoms with Crippen molar-refractivity contribution in [2.45, 2.75) is 32.6 Å². The van der Waals surface area contributed by atoms with Gasteiger partial charge in [-0.1, -0.05) is 18.2 Å². The molecule has 0 fully saturated rings. The highest BCUT2D eigenvalue weighted by atomic mass is 16.5. The van der Waals surface area contributed by atoms with Crippen LogP contribution in [0.4, 0.5) is 0 Å². The first kappa shape index (κ1) is 18.9. The van der Waals surface area contributed by atoms with Gasteiger partial charge in [0.05, 0.1) is 32.5 Å². The number of hydrogen-bond donors (Lipinski definition) is 1. The Balaban J connectivity index is 2.63. The van der Waals surface area contributed by atoms with E-state index in [-0.39, 0.29) is 6.10 Å². The van der Waals surface area contributed by atoms with Gasteiger partial charge in [-0.25, -0.2) is 0 Å². The van der Waals surface area contributed by atoms with E-state index in [1.807, 2.05) is 38.1 Å². The van der Waals surface area contributed by atoms with E-state index >= 15 is 0 Å². The fourth-order valence-electron chi connectivity index (χ4n) is 2.18. The van der Waals surface area contributed by atoms with Crippen LogP contribution in [-0.2, 0) is 16.0 Å². The number of para-hydroxylation sites is 1. The Kier molecular flexibility index (Phi) is 9.08. The zero-order chi connectivity index (χ0) is 16.4. The van der Waals surface area contributed by atoms with Crippen LogP contribution in [0.15, 0.2) is 24.3 Å². The third-order valence-electron chi connectivity index (χ3n) is 3.29. The van der Waals surface area contributed by atoms with Gasteiger partial charge in [-0.3, -0.25) is 4.90 Å². The van der Waals surface area contributed by atoms with Crippen molar-refractivity contribution in [3.05, 3.63) is 29.8 Å². The van der Waals surface area contributed by atoms with E-state index in [1.54, 1.807) is 14.2 Å². The minimum atomic E-state index is -0.519. The van der Waals surface area contributed by atoms with Crippen LogP contribution in [0, 0.1) is 0 Å². The molecule has 0 spiro atoms. The summed E-state index contributed by atoms with van der Waals surface area (Å²) in [4.78, 5) is 2.15. The van der Waals surface area contributed by atoms with Gasteiger partial charge >= 0.3 is 0 Å². The largest absolute Gasteiger partial charge is 0.496 e. The monoisotopic (exact) mass is 311 g/mol. The molecule has 126 valence electrons. The molecule has 0 aliphatic carbocycles. The molecule has 22 heavy (non-hydrogen) atoms. The second-order valence-corrected chi connectivity index (χ2v) is 5.58. The Morgan fingerprint density at radius 3 is 2.55 bits per heavy atom. The van der Waals surface area contributed by atoms with Crippen LogP contribution in [0.25, 0.3) is 0 Å². The molecule has 0 aromatic heterocycles. The average molecular weight is 311 g/mol. The van der Waals surface area contributed by atoms with E-state index in [2.05, 4.69) is 4.90 Å². The van der Waals surface area contributed by atoms with Crippen LogP contribution in [0.1, 0.15) is 19.4 Å². The zero-order valence-corrected chi connectivity index (χ0v) is 14.1. The first-order valence-electron chi connectivity index (χ1n) is 7.69. The molecule has 1 aromatic rings. The lowest BCUT2D eigenvalue weighted by Crippen LogP contribution is -2.37. The van der Waals surface area contributed by atoms with Crippen LogP contribution in [0.3, 0.4) is 0 Å². The molecule has 0 amide bonds. The minimum Gasteiger partial charge on any atom is -0.496 e. The lowest BCUT2D eigenvalue weighted by molar-refractivity contribution is -0.0122. The van der Waals surface area contributed by atoms with E-state index in [0.29, 0.717) is 26.3 Å². The smallest absolute Gasteiger partial charge is 0.123 e. The number of aliphatic hydroxyl groups excluding tert-OH is 1. The average Bonchev–Trinajstić information content (AvgIpc) is 2.51. The Morgan fingerprint density at radius 2 is 1.91 bits per heavy atom. The van der Waals surface area contributed by atoms with Crippen molar-refractivity contribution in [1.29, 1.82) is 0 Å². The van der Waals surface area contributed by atoms with Gasteiger partial charge < -0.3 is 19.3 Å². The Morgan fingerprint density at radius 1 is 1.18 bits per heavy atom. The lowest BCUT2D eigenvalue weighted by atomic mass is 10.1. The SMILES string of the molecule is COCCN(Cc1ccccc1OC)C[C@@H](O)COC(C)C. The highest BCUT2D eigenvalue weighted by Gasteiger charge is 2.15. The van der Waals surface area contributed by atoms with Gasteiger partial charge in [0.15, 0.2) is 0 Å². The van der Waals surface area contributed by atoms with Crippen molar-refractivity contribution < 1.29 is 19.3 Å². The van der Waals surface area contributed by atoms with E-state index in [9.17, 15) is 5.11 Å². The van der Waals surface area contributed by atoms with Crippen molar-refractivity contribution >= 4 is 0 Å². The van der Waals surface area contributed by atoms with E-state index in [1.165, 1.54) is 0 Å². The third-order valence-corrected chi connectivity index (χ3v) is 3.29. The maximum absolute atomic E-state index is 10.1. The number of methoxy groups -OCH3 is 2. The van der Waals surface area contributed by atoms with Gasteiger partial charge in [0, 0.05) is 32.3 Å². The third kappa shape index (κ3) is 7.22. The maximum Gasteiger partial charge on any atom is 0.123 e. The van der Waals surface area contributed by atoms with Gasteiger partial charge in [0.2, 0.25) is 0 Å². The number of hydrogen-bond acceptors (Lipinski definition) is 5. The molecule has 1 rings (SSSR count). The molecule has 1 aromatic carbocycles. The van der Waals surface area contributed by atoms with Crippen molar-refractivity contribution in [3.8, 4) is 5.75 Å². The van der Waals surface area contributed by atoms with Crippen LogP contribution in [-0.4, -0.2) is 62.7 Å². The highest BCUT2D eigenvalue weighted by Crippen LogP contribution is 2.19. The zero-order valence-electron chi connectivity index (χ0n) is 14.1. The highest BCUT2D eigenvalue weighted by molar-refractivity contribution is 5.33. The van der Waals surface area contributed by atoms with Crippen molar-refractivity contribution in [1.82, 2.24) is 4.90 Å². The molecule has 1 N–H and O–H groups in total. The molecular weight excluding hydrogens is 282 g/mol. The molecule has 0 aliphatic rings. The summed E-state index contributed by atoms with van der Waals surface area (Å²) in [6, 6.07) is 7.93. The topological polar surface area (TPSA) is 51.2 Å². The molecule has 1 atom stereocenters. The Labute approximate surface area is 133 Å². The number of ether oxygens (including phenoxy) is 3. The second-order valence-electron chi connectivity index (χ2n) is 5.58. The minimum absolute atomic E-state index is 0.122. The standard InChI is InChI=1S/C17H29NO4/c1-14(2)22-13-16(19)12-18(9-10-20-3)11-15-7-5-6-8-17(15)21-4/h5-8,14,16,19H,9-13H2,1-4H3/t16-/m1/s1. The molecule has 0 unspecified atom stereocenters. The van der Waals surface area contributed by atoms with Crippen LogP contribution >= 0.6 is 0 Å². The maximum atomic E-state index is 10.1. The van der Waals surface area contributed by atoms with E-state index in [4.69, 9.17) is 14.2 Å². The molecule has 5 nitrogen and oxygen atoms in total. The predicted octanol–water partition coefficient (Wildman–Crippen LogP) is 1.93. The van der Waals surface area contributed by atoms with E-state index < -0.39 is 6.10 Å².